The number of carboxylic acids is 1. The van der Waals surface area contributed by atoms with Crippen LogP contribution in [0.15, 0.2) is 42.5 Å². The van der Waals surface area contributed by atoms with E-state index in [1.165, 1.54) is 6.07 Å². The molecule has 30 heavy (non-hydrogen) atoms. The Morgan fingerprint density at radius 2 is 1.87 bits per heavy atom. The van der Waals surface area contributed by atoms with E-state index in [-0.39, 0.29) is 10.6 Å². The quantitative estimate of drug-likeness (QED) is 0.668. The van der Waals surface area contributed by atoms with Crippen molar-refractivity contribution in [3.63, 3.8) is 0 Å². The maximum atomic E-state index is 15.0. The van der Waals surface area contributed by atoms with Crippen molar-refractivity contribution in [1.82, 2.24) is 4.90 Å². The molecule has 1 aliphatic carbocycles. The number of ether oxygens (including phenoxy) is 1. The van der Waals surface area contributed by atoms with Gasteiger partial charge in [0.2, 0.25) is 0 Å². The Kier molecular flexibility index (Phi) is 6.00. The van der Waals surface area contributed by atoms with Gasteiger partial charge in [-0.2, -0.15) is 0 Å². The van der Waals surface area contributed by atoms with E-state index in [4.69, 9.17) is 27.9 Å². The third kappa shape index (κ3) is 4.31. The minimum absolute atomic E-state index is 0.0635. The number of carbonyl (C=O) groups excluding carboxylic acids is 1. The van der Waals surface area contributed by atoms with Crippen molar-refractivity contribution >= 4 is 35.1 Å². The highest BCUT2D eigenvalue weighted by molar-refractivity contribution is 6.31. The molecule has 8 heteroatoms. The van der Waals surface area contributed by atoms with Crippen LogP contribution in [0.4, 0.5) is 4.39 Å². The minimum atomic E-state index is -1.20. The number of rotatable bonds is 6. The summed E-state index contributed by atoms with van der Waals surface area (Å²) in [5.41, 5.74) is 0.915. The van der Waals surface area contributed by atoms with Gasteiger partial charge in [-0.25, -0.2) is 4.39 Å². The summed E-state index contributed by atoms with van der Waals surface area (Å²) in [4.78, 5) is 26.2. The molecule has 0 spiro atoms. The lowest BCUT2D eigenvalue weighted by atomic mass is 9.90. The second kappa shape index (κ2) is 8.53. The standard InChI is InChI=1S/C22H20Cl2FNO4/c23-14-8-6-13(7-9-14)20-21(15-2-1-3-16(24)19(15)25)30-17(10-18(27)28)22(29)26(20)11-12-4-5-12/h1-3,6-9,12,17,20-21H,4-5,10-11H2,(H,27,28)/t17-,20+,21-/m0/s1. The van der Waals surface area contributed by atoms with Crippen LogP contribution < -0.4 is 0 Å². The van der Waals surface area contributed by atoms with Gasteiger partial charge >= 0.3 is 5.97 Å². The molecule has 1 amide bonds. The zero-order valence-electron chi connectivity index (χ0n) is 15.9. The molecule has 2 aliphatic rings. The van der Waals surface area contributed by atoms with E-state index in [2.05, 4.69) is 0 Å². The molecule has 2 aromatic carbocycles. The van der Waals surface area contributed by atoms with Crippen LogP contribution in [0.3, 0.4) is 0 Å². The molecule has 1 aliphatic heterocycles. The van der Waals surface area contributed by atoms with Crippen molar-refractivity contribution in [2.45, 2.75) is 37.5 Å². The largest absolute Gasteiger partial charge is 0.481 e. The third-order valence-corrected chi connectivity index (χ3v) is 6.05. The molecule has 0 aromatic heterocycles. The van der Waals surface area contributed by atoms with E-state index in [9.17, 15) is 19.1 Å². The fourth-order valence-corrected chi connectivity index (χ4v) is 4.18. The number of aliphatic carboxylic acids is 1. The summed E-state index contributed by atoms with van der Waals surface area (Å²) in [5, 5.41) is 9.74. The van der Waals surface area contributed by atoms with E-state index in [1.807, 2.05) is 0 Å². The summed E-state index contributed by atoms with van der Waals surface area (Å²) in [7, 11) is 0. The summed E-state index contributed by atoms with van der Waals surface area (Å²) in [6.07, 6.45) is -0.611. The first-order chi connectivity index (χ1) is 14.3. The third-order valence-electron chi connectivity index (χ3n) is 5.50. The van der Waals surface area contributed by atoms with E-state index in [1.54, 1.807) is 41.3 Å². The van der Waals surface area contributed by atoms with Gasteiger partial charge in [-0.05, 0) is 42.5 Å². The molecule has 0 bridgehead atoms. The smallest absolute Gasteiger partial charge is 0.306 e. The minimum Gasteiger partial charge on any atom is -0.481 e. The van der Waals surface area contributed by atoms with E-state index in [0.717, 1.165) is 18.4 Å². The van der Waals surface area contributed by atoms with Crippen LogP contribution in [0.1, 0.15) is 42.5 Å². The maximum Gasteiger partial charge on any atom is 0.306 e. The lowest BCUT2D eigenvalue weighted by Crippen LogP contribution is -2.52. The van der Waals surface area contributed by atoms with Gasteiger partial charge in [0.15, 0.2) is 0 Å². The maximum absolute atomic E-state index is 15.0. The van der Waals surface area contributed by atoms with Crippen molar-refractivity contribution in [2.75, 3.05) is 6.54 Å². The summed E-state index contributed by atoms with van der Waals surface area (Å²) in [5.74, 6) is -1.85. The molecule has 3 atom stereocenters. The Bertz CT molecular complexity index is 964. The van der Waals surface area contributed by atoms with Crippen molar-refractivity contribution in [2.24, 2.45) is 5.92 Å². The highest BCUT2D eigenvalue weighted by Gasteiger charge is 2.47. The number of amides is 1. The monoisotopic (exact) mass is 451 g/mol. The summed E-state index contributed by atoms with van der Waals surface area (Å²) < 4.78 is 20.9. The number of hydrogen-bond acceptors (Lipinski definition) is 3. The Balaban J connectivity index is 1.82. The fraction of sp³-hybridized carbons (Fsp3) is 0.364. The van der Waals surface area contributed by atoms with Crippen LogP contribution in [0.2, 0.25) is 10.0 Å². The number of halogens is 3. The van der Waals surface area contributed by atoms with E-state index >= 15 is 0 Å². The second-order valence-corrected chi connectivity index (χ2v) is 8.56. The van der Waals surface area contributed by atoms with Gasteiger partial charge in [0.25, 0.3) is 5.91 Å². The molecule has 1 N–H and O–H groups in total. The molecule has 158 valence electrons. The van der Waals surface area contributed by atoms with Gasteiger partial charge in [-0.3, -0.25) is 9.59 Å². The zero-order chi connectivity index (χ0) is 21.4. The fourth-order valence-electron chi connectivity index (χ4n) is 3.87. The normalized spacial score (nSPS) is 24.2. The number of benzene rings is 2. The van der Waals surface area contributed by atoms with Crippen LogP contribution in [0, 0.1) is 11.7 Å². The number of nitrogens with zero attached hydrogens (tertiary/aromatic N) is 1. The van der Waals surface area contributed by atoms with Gasteiger partial charge in [-0.1, -0.05) is 47.5 Å². The topological polar surface area (TPSA) is 66.8 Å². The molecule has 2 fully saturated rings. The van der Waals surface area contributed by atoms with Gasteiger partial charge in [0.1, 0.15) is 18.0 Å². The predicted molar refractivity (Wildman–Crippen MR) is 110 cm³/mol. The molecule has 0 radical (unpaired) electrons. The predicted octanol–water partition coefficient (Wildman–Crippen LogP) is 5.03. The first kappa shape index (κ1) is 21.1. The van der Waals surface area contributed by atoms with Gasteiger partial charge < -0.3 is 14.7 Å². The molecule has 0 unspecified atom stereocenters. The second-order valence-electron chi connectivity index (χ2n) is 7.72. The lowest BCUT2D eigenvalue weighted by molar-refractivity contribution is -0.179. The Morgan fingerprint density at radius 1 is 1.17 bits per heavy atom. The van der Waals surface area contributed by atoms with Gasteiger partial charge in [0, 0.05) is 17.1 Å². The number of morpholine rings is 1. The van der Waals surface area contributed by atoms with Gasteiger partial charge in [-0.15, -0.1) is 0 Å². The van der Waals surface area contributed by atoms with Crippen LogP contribution in [0.5, 0.6) is 0 Å². The summed E-state index contributed by atoms with van der Waals surface area (Å²) in [6, 6.07) is 10.9. The Morgan fingerprint density at radius 3 is 2.50 bits per heavy atom. The molecular weight excluding hydrogens is 432 g/mol. The van der Waals surface area contributed by atoms with Crippen molar-refractivity contribution in [1.29, 1.82) is 0 Å². The van der Waals surface area contributed by atoms with Crippen molar-refractivity contribution < 1.29 is 23.8 Å². The van der Waals surface area contributed by atoms with Crippen LogP contribution in [-0.4, -0.2) is 34.5 Å². The average Bonchev–Trinajstić information content (AvgIpc) is 3.52. The molecule has 4 rings (SSSR count). The number of carboxylic acid groups (broad SMARTS) is 1. The first-order valence-electron chi connectivity index (χ1n) is 9.72. The average molecular weight is 452 g/mol. The van der Waals surface area contributed by atoms with Gasteiger partial charge in [0.05, 0.1) is 17.5 Å². The number of hydrogen-bond donors (Lipinski definition) is 1. The highest BCUT2D eigenvalue weighted by Crippen LogP contribution is 2.46. The van der Waals surface area contributed by atoms with Crippen LogP contribution in [0.25, 0.3) is 0 Å². The van der Waals surface area contributed by atoms with E-state index in [0.29, 0.717) is 17.5 Å². The van der Waals surface area contributed by atoms with Crippen molar-refractivity contribution in [3.05, 3.63) is 69.5 Å². The van der Waals surface area contributed by atoms with Crippen LogP contribution >= 0.6 is 23.2 Å². The van der Waals surface area contributed by atoms with Crippen molar-refractivity contribution in [3.8, 4) is 0 Å². The molecule has 5 nitrogen and oxygen atoms in total. The molecule has 2 aromatic rings. The first-order valence-corrected chi connectivity index (χ1v) is 10.5. The van der Waals surface area contributed by atoms with E-state index < -0.39 is 42.4 Å². The van der Waals surface area contributed by atoms with Crippen LogP contribution in [-0.2, 0) is 14.3 Å². The molecule has 1 heterocycles. The Labute approximate surface area is 183 Å². The summed E-state index contributed by atoms with van der Waals surface area (Å²) >= 11 is 12.0. The summed E-state index contributed by atoms with van der Waals surface area (Å²) in [6.45, 7) is 0.463. The number of carbonyl (C=O) groups is 2. The lowest BCUT2D eigenvalue weighted by Gasteiger charge is -2.45. The molecule has 1 saturated heterocycles. The Hall–Kier alpha value is -2.15. The molecular formula is C22H20Cl2FNO4. The SMILES string of the molecule is O=C(O)C[C@@H]1O[C@@H](c2cccc(Cl)c2F)[C@@H](c2ccc(Cl)cc2)N(CC2CC2)C1=O. The highest BCUT2D eigenvalue weighted by atomic mass is 35.5. The molecule has 1 saturated carbocycles. The zero-order valence-corrected chi connectivity index (χ0v) is 17.4.